The standard InChI is InChI=1S/C3H5NOS/c5-4-2-1-3(4)6/h2-3,6H,1H2. The first-order valence-corrected chi connectivity index (χ1v) is 2.29. The van der Waals surface area contributed by atoms with Gasteiger partial charge in [0, 0.05) is 0 Å². The molecule has 34 valence electrons. The van der Waals surface area contributed by atoms with Gasteiger partial charge >= 0.3 is 0 Å². The molecule has 0 aromatic heterocycles. The van der Waals surface area contributed by atoms with Crippen LogP contribution in [-0.2, 0) is 0 Å². The summed E-state index contributed by atoms with van der Waals surface area (Å²) in [5, 5.41) is 9.96. The van der Waals surface area contributed by atoms with E-state index in [-0.39, 0.29) is 5.37 Å². The number of hydrogen-bond acceptors (Lipinski definition) is 2. The lowest BCUT2D eigenvalue weighted by Gasteiger charge is -2.15. The quantitative estimate of drug-likeness (QED) is 0.265. The van der Waals surface area contributed by atoms with Gasteiger partial charge in [0.25, 0.3) is 0 Å². The Bertz CT molecular complexity index is 90.8. The third-order valence-corrected chi connectivity index (χ3v) is 1.23. The lowest BCUT2D eigenvalue weighted by Crippen LogP contribution is -2.27. The van der Waals surface area contributed by atoms with Crippen molar-refractivity contribution in [1.29, 1.82) is 0 Å². The first-order chi connectivity index (χ1) is 2.80. The third kappa shape index (κ3) is 0.391. The van der Waals surface area contributed by atoms with Crippen LogP contribution in [0.5, 0.6) is 0 Å². The molecule has 1 rings (SSSR count). The third-order valence-electron chi connectivity index (χ3n) is 0.790. The van der Waals surface area contributed by atoms with Crippen molar-refractivity contribution in [2.75, 3.05) is 0 Å². The lowest BCUT2D eigenvalue weighted by molar-refractivity contribution is -0.493. The van der Waals surface area contributed by atoms with Crippen molar-refractivity contribution >= 4 is 18.8 Å². The monoisotopic (exact) mass is 103 g/mol. The largest absolute Gasteiger partial charge is 0.623 e. The maximum absolute atomic E-state index is 10.0. The summed E-state index contributed by atoms with van der Waals surface area (Å²) in [6, 6.07) is 0. The molecule has 0 aliphatic carbocycles. The molecule has 1 aliphatic rings. The van der Waals surface area contributed by atoms with Crippen LogP contribution in [0, 0.1) is 5.21 Å². The topological polar surface area (TPSA) is 26.1 Å². The smallest absolute Gasteiger partial charge is 0.215 e. The zero-order valence-electron chi connectivity index (χ0n) is 3.16. The minimum atomic E-state index is -0.0509. The molecular formula is C3H5NOS. The van der Waals surface area contributed by atoms with Crippen LogP contribution in [0.3, 0.4) is 0 Å². The Labute approximate surface area is 41.5 Å². The summed E-state index contributed by atoms with van der Waals surface area (Å²) in [5.74, 6) is 0. The fourth-order valence-corrected chi connectivity index (χ4v) is 0.474. The summed E-state index contributed by atoms with van der Waals surface area (Å²) >= 11 is 3.86. The Kier molecular flexibility index (Phi) is 0.765. The molecule has 0 saturated carbocycles. The molecule has 3 heteroatoms. The van der Waals surface area contributed by atoms with Crippen molar-refractivity contribution in [2.24, 2.45) is 0 Å². The van der Waals surface area contributed by atoms with Gasteiger partial charge in [-0.2, -0.15) is 0 Å². The first-order valence-electron chi connectivity index (χ1n) is 1.77. The van der Waals surface area contributed by atoms with Crippen molar-refractivity contribution in [1.82, 2.24) is 0 Å². The van der Waals surface area contributed by atoms with E-state index in [0.29, 0.717) is 0 Å². The summed E-state index contributed by atoms with van der Waals surface area (Å²) in [6.45, 7) is 0. The second kappa shape index (κ2) is 1.15. The Balaban J connectivity index is 2.51. The molecule has 0 saturated heterocycles. The minimum absolute atomic E-state index is 0.0509. The number of thiol groups is 1. The van der Waals surface area contributed by atoms with E-state index in [1.807, 2.05) is 0 Å². The van der Waals surface area contributed by atoms with E-state index in [1.165, 1.54) is 0 Å². The van der Waals surface area contributed by atoms with Gasteiger partial charge in [-0.1, -0.05) is 0 Å². The molecule has 1 aliphatic heterocycles. The van der Waals surface area contributed by atoms with Crippen LogP contribution in [0.1, 0.15) is 6.42 Å². The van der Waals surface area contributed by atoms with Gasteiger partial charge in [0.2, 0.25) is 5.37 Å². The normalized spacial score (nSPS) is 31.5. The summed E-state index contributed by atoms with van der Waals surface area (Å²) < 4.78 is 0.836. The van der Waals surface area contributed by atoms with E-state index >= 15 is 0 Å². The SMILES string of the molecule is [O-][N+]1=CCC1S. The van der Waals surface area contributed by atoms with Crippen molar-refractivity contribution in [3.63, 3.8) is 0 Å². The van der Waals surface area contributed by atoms with Crippen LogP contribution in [0.2, 0.25) is 0 Å². The maximum Gasteiger partial charge on any atom is 0.215 e. The highest BCUT2D eigenvalue weighted by atomic mass is 32.1. The van der Waals surface area contributed by atoms with Crippen molar-refractivity contribution in [3.05, 3.63) is 5.21 Å². The van der Waals surface area contributed by atoms with Crippen LogP contribution >= 0.6 is 12.6 Å². The number of hydroxylamine groups is 1. The van der Waals surface area contributed by atoms with Gasteiger partial charge < -0.3 is 5.21 Å². The van der Waals surface area contributed by atoms with Crippen LogP contribution < -0.4 is 0 Å². The highest BCUT2D eigenvalue weighted by molar-refractivity contribution is 7.80. The van der Waals surface area contributed by atoms with Gasteiger partial charge in [0.15, 0.2) is 6.21 Å². The van der Waals surface area contributed by atoms with Gasteiger partial charge in [-0.3, -0.25) is 0 Å². The summed E-state index contributed by atoms with van der Waals surface area (Å²) in [6.07, 6.45) is 2.39. The highest BCUT2D eigenvalue weighted by Crippen LogP contribution is 2.06. The Morgan fingerprint density at radius 2 is 2.50 bits per heavy atom. The van der Waals surface area contributed by atoms with Gasteiger partial charge in [0.05, 0.1) is 6.42 Å². The lowest BCUT2D eigenvalue weighted by atomic mass is 10.4. The molecule has 1 atom stereocenters. The van der Waals surface area contributed by atoms with Crippen LogP contribution in [0.15, 0.2) is 0 Å². The molecule has 6 heavy (non-hydrogen) atoms. The van der Waals surface area contributed by atoms with Gasteiger partial charge in [-0.25, -0.2) is 4.74 Å². The average molecular weight is 103 g/mol. The molecule has 0 N–H and O–H groups in total. The first kappa shape index (κ1) is 3.99. The second-order valence-electron chi connectivity index (χ2n) is 1.26. The van der Waals surface area contributed by atoms with E-state index < -0.39 is 0 Å². The summed E-state index contributed by atoms with van der Waals surface area (Å²) in [5.41, 5.74) is 0. The molecule has 1 heterocycles. The Hall–Kier alpha value is -0.180. The maximum atomic E-state index is 10.0. The Morgan fingerprint density at radius 3 is 2.50 bits per heavy atom. The van der Waals surface area contributed by atoms with Crippen molar-refractivity contribution in [3.8, 4) is 0 Å². The van der Waals surface area contributed by atoms with Crippen LogP contribution in [-0.4, -0.2) is 16.3 Å². The molecule has 0 aromatic rings. The predicted octanol–water partition coefficient (Wildman–Crippen LogP) is 0.227. The number of hydrogen-bond donors (Lipinski definition) is 1. The van der Waals surface area contributed by atoms with Gasteiger partial charge in [-0.05, 0) is 0 Å². The fourth-order valence-electron chi connectivity index (χ4n) is 0.286. The van der Waals surface area contributed by atoms with Gasteiger partial charge in [-0.15, -0.1) is 12.6 Å². The minimum Gasteiger partial charge on any atom is -0.623 e. The summed E-state index contributed by atoms with van der Waals surface area (Å²) in [4.78, 5) is 0. The van der Waals surface area contributed by atoms with Crippen LogP contribution in [0.4, 0.5) is 0 Å². The molecule has 0 bridgehead atoms. The molecule has 2 nitrogen and oxygen atoms in total. The van der Waals surface area contributed by atoms with Crippen LogP contribution in [0.25, 0.3) is 0 Å². The second-order valence-corrected chi connectivity index (χ2v) is 1.85. The van der Waals surface area contributed by atoms with E-state index in [9.17, 15) is 5.21 Å². The predicted molar refractivity (Wildman–Crippen MR) is 27.1 cm³/mol. The van der Waals surface area contributed by atoms with Crippen molar-refractivity contribution in [2.45, 2.75) is 11.8 Å². The molecule has 0 amide bonds. The molecule has 0 aromatic carbocycles. The molecule has 0 fully saturated rings. The van der Waals surface area contributed by atoms with Crippen molar-refractivity contribution < 1.29 is 4.74 Å². The van der Waals surface area contributed by atoms with E-state index in [2.05, 4.69) is 12.6 Å². The highest BCUT2D eigenvalue weighted by Gasteiger charge is 2.17. The van der Waals surface area contributed by atoms with Gasteiger partial charge in [0.1, 0.15) is 0 Å². The zero-order chi connectivity index (χ0) is 4.57. The van der Waals surface area contributed by atoms with E-state index in [0.717, 1.165) is 11.2 Å². The fraction of sp³-hybridized carbons (Fsp3) is 0.667. The molecule has 0 radical (unpaired) electrons. The zero-order valence-corrected chi connectivity index (χ0v) is 4.06. The number of rotatable bonds is 0. The summed E-state index contributed by atoms with van der Waals surface area (Å²) in [7, 11) is 0. The van der Waals surface area contributed by atoms with E-state index in [4.69, 9.17) is 0 Å². The Morgan fingerprint density at radius 1 is 2.00 bits per heavy atom. The molecule has 0 spiro atoms. The molecule has 1 unspecified atom stereocenters. The number of nitrogens with zero attached hydrogens (tertiary/aromatic N) is 1. The molecular weight excluding hydrogens is 98.1 g/mol. The average Bonchev–Trinajstić information content (AvgIpc) is 1.61. The van der Waals surface area contributed by atoms with E-state index in [1.54, 1.807) is 6.21 Å².